The van der Waals surface area contributed by atoms with Crippen LogP contribution in [0.3, 0.4) is 0 Å². The summed E-state index contributed by atoms with van der Waals surface area (Å²) in [4.78, 5) is 10.9. The van der Waals surface area contributed by atoms with Crippen molar-refractivity contribution in [2.75, 3.05) is 13.7 Å². The average molecular weight is 248 g/mol. The Morgan fingerprint density at radius 3 is 2.75 bits per heavy atom. The normalized spacial score (nSPS) is 12.2. The zero-order chi connectivity index (χ0) is 12.3. The first-order valence-electron chi connectivity index (χ1n) is 4.47. The summed E-state index contributed by atoms with van der Waals surface area (Å²) >= 11 is 5.74. The van der Waals surface area contributed by atoms with Gasteiger partial charge in [-0.15, -0.1) is 0 Å². The van der Waals surface area contributed by atoms with Crippen molar-refractivity contribution in [2.24, 2.45) is 5.73 Å². The van der Waals surface area contributed by atoms with Crippen LogP contribution in [0.4, 0.5) is 4.39 Å². The van der Waals surface area contributed by atoms with E-state index in [2.05, 4.69) is 0 Å². The van der Waals surface area contributed by atoms with E-state index < -0.39 is 17.7 Å². The number of rotatable bonds is 4. The lowest BCUT2D eigenvalue weighted by Crippen LogP contribution is -2.22. The van der Waals surface area contributed by atoms with E-state index in [1.807, 2.05) is 0 Å². The highest BCUT2D eigenvalue weighted by Crippen LogP contribution is 2.34. The number of hydrogen-bond acceptors (Lipinski definition) is 3. The molecule has 0 radical (unpaired) electrons. The van der Waals surface area contributed by atoms with E-state index in [0.29, 0.717) is 0 Å². The molecule has 0 aromatic heterocycles. The van der Waals surface area contributed by atoms with Crippen LogP contribution in [0.2, 0.25) is 5.02 Å². The van der Waals surface area contributed by atoms with E-state index in [1.54, 1.807) is 0 Å². The number of carboxylic acid groups (broad SMARTS) is 1. The minimum Gasteiger partial charge on any atom is -0.495 e. The zero-order valence-electron chi connectivity index (χ0n) is 8.54. The van der Waals surface area contributed by atoms with Crippen LogP contribution in [-0.2, 0) is 4.79 Å². The molecule has 0 spiro atoms. The lowest BCUT2D eigenvalue weighted by molar-refractivity contribution is -0.138. The lowest BCUT2D eigenvalue weighted by atomic mass is 9.98. The predicted molar refractivity (Wildman–Crippen MR) is 57.4 cm³/mol. The Bertz CT molecular complexity index is 411. The molecule has 0 saturated carbocycles. The summed E-state index contributed by atoms with van der Waals surface area (Å²) in [7, 11) is 1.33. The number of aliphatic carboxylic acids is 1. The predicted octanol–water partition coefficient (Wildman–Crippen LogP) is 1.61. The van der Waals surface area contributed by atoms with Gasteiger partial charge in [-0.05, 0) is 12.1 Å². The molecular weight excluding hydrogens is 237 g/mol. The van der Waals surface area contributed by atoms with Crippen molar-refractivity contribution in [3.63, 3.8) is 0 Å². The average Bonchev–Trinajstić information content (AvgIpc) is 2.17. The molecule has 1 rings (SSSR count). The molecule has 1 unspecified atom stereocenters. The van der Waals surface area contributed by atoms with Gasteiger partial charge in [0.05, 0.1) is 18.1 Å². The molecule has 1 aromatic rings. The van der Waals surface area contributed by atoms with E-state index in [0.717, 1.165) is 12.1 Å². The molecule has 3 N–H and O–H groups in total. The standard InChI is InChI=1S/C10H11ClFNO3/c1-16-9-6(7(4-13)10(14)15)2-5(12)3-8(9)11/h2-3,7H,4,13H2,1H3,(H,14,15). The summed E-state index contributed by atoms with van der Waals surface area (Å²) in [5.74, 6) is -2.67. The number of nitrogens with two attached hydrogens (primary N) is 1. The largest absolute Gasteiger partial charge is 0.495 e. The summed E-state index contributed by atoms with van der Waals surface area (Å²) in [6.07, 6.45) is 0. The topological polar surface area (TPSA) is 72.5 Å². The number of hydrogen-bond donors (Lipinski definition) is 2. The number of methoxy groups -OCH3 is 1. The third kappa shape index (κ3) is 2.43. The van der Waals surface area contributed by atoms with Gasteiger partial charge in [0.2, 0.25) is 0 Å². The van der Waals surface area contributed by atoms with E-state index >= 15 is 0 Å². The first-order valence-corrected chi connectivity index (χ1v) is 4.84. The van der Waals surface area contributed by atoms with Crippen LogP contribution in [0.25, 0.3) is 0 Å². The number of ether oxygens (including phenoxy) is 1. The first kappa shape index (κ1) is 12.7. The van der Waals surface area contributed by atoms with Gasteiger partial charge in [-0.2, -0.15) is 0 Å². The summed E-state index contributed by atoms with van der Waals surface area (Å²) in [6.45, 7) is -0.161. The van der Waals surface area contributed by atoms with E-state index in [9.17, 15) is 9.18 Å². The molecule has 0 amide bonds. The molecule has 0 aliphatic heterocycles. The zero-order valence-corrected chi connectivity index (χ0v) is 9.29. The van der Waals surface area contributed by atoms with Gasteiger partial charge >= 0.3 is 5.97 Å². The van der Waals surface area contributed by atoms with Crippen molar-refractivity contribution < 1.29 is 19.0 Å². The van der Waals surface area contributed by atoms with Crippen LogP contribution in [0.1, 0.15) is 11.5 Å². The molecule has 1 atom stereocenters. The molecule has 0 aliphatic rings. The maximum Gasteiger partial charge on any atom is 0.312 e. The fourth-order valence-electron chi connectivity index (χ4n) is 1.42. The van der Waals surface area contributed by atoms with Crippen LogP contribution in [0.15, 0.2) is 12.1 Å². The Hall–Kier alpha value is -1.33. The van der Waals surface area contributed by atoms with Crippen molar-refractivity contribution in [1.82, 2.24) is 0 Å². The summed E-state index contributed by atoms with van der Waals surface area (Å²) in [6, 6.07) is 2.12. The molecule has 0 fully saturated rings. The maximum absolute atomic E-state index is 13.1. The van der Waals surface area contributed by atoms with Gasteiger partial charge in [0.15, 0.2) is 0 Å². The van der Waals surface area contributed by atoms with Crippen LogP contribution in [-0.4, -0.2) is 24.7 Å². The quantitative estimate of drug-likeness (QED) is 0.848. The SMILES string of the molecule is COc1c(Cl)cc(F)cc1C(CN)C(=O)O. The van der Waals surface area contributed by atoms with E-state index in [-0.39, 0.29) is 22.9 Å². The third-order valence-electron chi connectivity index (χ3n) is 2.15. The Labute approximate surface area is 96.8 Å². The summed E-state index contributed by atoms with van der Waals surface area (Å²) < 4.78 is 18.1. The minimum absolute atomic E-state index is 0.0252. The van der Waals surface area contributed by atoms with Crippen molar-refractivity contribution in [2.45, 2.75) is 5.92 Å². The van der Waals surface area contributed by atoms with Crippen molar-refractivity contribution in [3.8, 4) is 5.75 Å². The number of carboxylic acids is 1. The fraction of sp³-hybridized carbons (Fsp3) is 0.300. The second-order valence-electron chi connectivity index (χ2n) is 3.14. The number of carbonyl (C=O) groups is 1. The Morgan fingerprint density at radius 2 is 2.31 bits per heavy atom. The molecule has 0 heterocycles. The van der Waals surface area contributed by atoms with Gasteiger partial charge in [0.1, 0.15) is 11.6 Å². The van der Waals surface area contributed by atoms with Crippen LogP contribution in [0.5, 0.6) is 5.75 Å². The second kappa shape index (κ2) is 5.14. The molecule has 88 valence electrons. The molecule has 4 nitrogen and oxygen atoms in total. The highest BCUT2D eigenvalue weighted by atomic mass is 35.5. The van der Waals surface area contributed by atoms with Crippen LogP contribution in [0, 0.1) is 5.82 Å². The number of halogens is 2. The molecule has 0 aliphatic carbocycles. The first-order chi connectivity index (χ1) is 7.51. The monoisotopic (exact) mass is 247 g/mol. The smallest absolute Gasteiger partial charge is 0.312 e. The van der Waals surface area contributed by atoms with Gasteiger partial charge < -0.3 is 15.6 Å². The molecule has 16 heavy (non-hydrogen) atoms. The minimum atomic E-state index is -1.15. The number of benzene rings is 1. The highest BCUT2D eigenvalue weighted by molar-refractivity contribution is 6.32. The van der Waals surface area contributed by atoms with E-state index in [4.69, 9.17) is 27.2 Å². The second-order valence-corrected chi connectivity index (χ2v) is 3.54. The van der Waals surface area contributed by atoms with Gasteiger partial charge in [0.25, 0.3) is 0 Å². The van der Waals surface area contributed by atoms with Crippen molar-refractivity contribution in [3.05, 3.63) is 28.5 Å². The van der Waals surface area contributed by atoms with Crippen molar-refractivity contribution in [1.29, 1.82) is 0 Å². The molecular formula is C10H11ClFNO3. The van der Waals surface area contributed by atoms with Gasteiger partial charge in [-0.25, -0.2) is 4.39 Å². The summed E-state index contributed by atoms with van der Waals surface area (Å²) in [5, 5.41) is 8.95. The Balaban J connectivity index is 3.34. The van der Waals surface area contributed by atoms with Crippen LogP contribution < -0.4 is 10.5 Å². The van der Waals surface area contributed by atoms with Gasteiger partial charge in [-0.3, -0.25) is 4.79 Å². The van der Waals surface area contributed by atoms with Crippen molar-refractivity contribution >= 4 is 17.6 Å². The van der Waals surface area contributed by atoms with E-state index in [1.165, 1.54) is 7.11 Å². The molecule has 0 bridgehead atoms. The van der Waals surface area contributed by atoms with Crippen LogP contribution >= 0.6 is 11.6 Å². The van der Waals surface area contributed by atoms with Gasteiger partial charge in [-0.1, -0.05) is 11.6 Å². The third-order valence-corrected chi connectivity index (χ3v) is 2.43. The highest BCUT2D eigenvalue weighted by Gasteiger charge is 2.24. The lowest BCUT2D eigenvalue weighted by Gasteiger charge is -2.15. The molecule has 0 saturated heterocycles. The maximum atomic E-state index is 13.1. The van der Waals surface area contributed by atoms with Gasteiger partial charge in [0, 0.05) is 12.1 Å². The Kier molecular flexibility index (Phi) is 4.09. The summed E-state index contributed by atoms with van der Waals surface area (Å²) in [5.41, 5.74) is 5.47. The Morgan fingerprint density at radius 1 is 1.69 bits per heavy atom. The molecule has 6 heteroatoms. The molecule has 1 aromatic carbocycles. The fourth-order valence-corrected chi connectivity index (χ4v) is 1.71.